The van der Waals surface area contributed by atoms with Crippen LogP contribution in [0.1, 0.15) is 23.5 Å². The van der Waals surface area contributed by atoms with E-state index in [9.17, 15) is 22.8 Å². The predicted molar refractivity (Wildman–Crippen MR) is 93.6 cm³/mol. The third kappa shape index (κ3) is 4.24. The fourth-order valence-corrected chi connectivity index (χ4v) is 3.72. The van der Waals surface area contributed by atoms with Gasteiger partial charge in [0.15, 0.2) is 0 Å². The predicted octanol–water partition coefficient (Wildman–Crippen LogP) is 2.73. The molecule has 2 fully saturated rings. The summed E-state index contributed by atoms with van der Waals surface area (Å²) in [5, 5.41) is 0. The standard InChI is InChI=1S/C19H23F3N2O4/c1-27-16-10-24(11-16)18(26)23-8-13(7-14(9-23)17(25)28-2)12-3-5-15(6-4-12)19(20,21)22/h3-6,13-14,16H,7-11H2,1-2H3. The summed E-state index contributed by atoms with van der Waals surface area (Å²) in [4.78, 5) is 28.1. The van der Waals surface area contributed by atoms with E-state index in [2.05, 4.69) is 0 Å². The van der Waals surface area contributed by atoms with Crippen molar-refractivity contribution in [1.82, 2.24) is 9.80 Å². The molecule has 2 amide bonds. The summed E-state index contributed by atoms with van der Waals surface area (Å²) in [5.74, 6) is -1.19. The molecule has 28 heavy (non-hydrogen) atoms. The van der Waals surface area contributed by atoms with Crippen LogP contribution in [-0.2, 0) is 20.4 Å². The van der Waals surface area contributed by atoms with E-state index in [1.165, 1.54) is 19.2 Å². The largest absolute Gasteiger partial charge is 0.469 e. The van der Waals surface area contributed by atoms with Crippen LogP contribution in [0.2, 0.25) is 0 Å². The van der Waals surface area contributed by atoms with Crippen molar-refractivity contribution in [2.75, 3.05) is 40.4 Å². The molecule has 0 N–H and O–H groups in total. The zero-order valence-corrected chi connectivity index (χ0v) is 15.7. The Labute approximate surface area is 161 Å². The van der Waals surface area contributed by atoms with Crippen LogP contribution in [-0.4, -0.2) is 68.3 Å². The zero-order valence-electron chi connectivity index (χ0n) is 15.7. The number of alkyl halides is 3. The summed E-state index contributed by atoms with van der Waals surface area (Å²) in [6.07, 6.45) is -3.98. The molecule has 9 heteroatoms. The molecule has 2 aliphatic heterocycles. The number of carbonyl (C=O) groups is 2. The maximum Gasteiger partial charge on any atom is 0.416 e. The van der Waals surface area contributed by atoms with Crippen molar-refractivity contribution >= 4 is 12.0 Å². The lowest BCUT2D eigenvalue weighted by molar-refractivity contribution is -0.147. The molecule has 2 heterocycles. The molecule has 6 nitrogen and oxygen atoms in total. The second-order valence-corrected chi connectivity index (χ2v) is 7.22. The number of methoxy groups -OCH3 is 2. The molecule has 3 rings (SSSR count). The van der Waals surface area contributed by atoms with E-state index in [4.69, 9.17) is 9.47 Å². The highest BCUT2D eigenvalue weighted by atomic mass is 19.4. The molecule has 0 saturated carbocycles. The van der Waals surface area contributed by atoms with E-state index in [0.717, 1.165) is 12.1 Å². The molecule has 0 bridgehead atoms. The van der Waals surface area contributed by atoms with Crippen LogP contribution in [0.4, 0.5) is 18.0 Å². The second-order valence-electron chi connectivity index (χ2n) is 7.22. The number of ether oxygens (including phenoxy) is 2. The van der Waals surface area contributed by atoms with Crippen molar-refractivity contribution < 1.29 is 32.2 Å². The molecule has 0 aliphatic carbocycles. The van der Waals surface area contributed by atoms with Crippen LogP contribution >= 0.6 is 0 Å². The summed E-state index contributed by atoms with van der Waals surface area (Å²) in [5.41, 5.74) is -0.0616. The van der Waals surface area contributed by atoms with E-state index in [-0.39, 0.29) is 24.6 Å². The topological polar surface area (TPSA) is 59.1 Å². The molecule has 2 saturated heterocycles. The van der Waals surface area contributed by atoms with Crippen molar-refractivity contribution in [2.45, 2.75) is 24.6 Å². The zero-order chi connectivity index (χ0) is 20.5. The first-order valence-electron chi connectivity index (χ1n) is 9.04. The third-order valence-electron chi connectivity index (χ3n) is 5.42. The Morgan fingerprint density at radius 1 is 1.00 bits per heavy atom. The number of carbonyl (C=O) groups excluding carboxylic acids is 2. The van der Waals surface area contributed by atoms with E-state index in [0.29, 0.717) is 31.6 Å². The summed E-state index contributed by atoms with van der Waals surface area (Å²) in [6, 6.07) is 4.70. The minimum atomic E-state index is -4.41. The third-order valence-corrected chi connectivity index (χ3v) is 5.42. The molecule has 2 unspecified atom stereocenters. The monoisotopic (exact) mass is 400 g/mol. The van der Waals surface area contributed by atoms with Gasteiger partial charge in [-0.25, -0.2) is 4.79 Å². The van der Waals surface area contributed by atoms with Gasteiger partial charge in [0.1, 0.15) is 0 Å². The Hall–Kier alpha value is -2.29. The van der Waals surface area contributed by atoms with Gasteiger partial charge in [-0.3, -0.25) is 4.79 Å². The van der Waals surface area contributed by atoms with Gasteiger partial charge in [-0.15, -0.1) is 0 Å². The number of amides is 2. The maximum atomic E-state index is 12.8. The fraction of sp³-hybridized carbons (Fsp3) is 0.579. The lowest BCUT2D eigenvalue weighted by Gasteiger charge is -2.44. The number of hydrogen-bond acceptors (Lipinski definition) is 4. The summed E-state index contributed by atoms with van der Waals surface area (Å²) in [7, 11) is 2.87. The Bertz CT molecular complexity index is 717. The molecule has 2 atom stereocenters. The lowest BCUT2D eigenvalue weighted by atomic mass is 9.84. The Morgan fingerprint density at radius 3 is 2.14 bits per heavy atom. The molecule has 1 aromatic rings. The molecule has 0 spiro atoms. The van der Waals surface area contributed by atoms with Crippen molar-refractivity contribution in [3.05, 3.63) is 35.4 Å². The van der Waals surface area contributed by atoms with Crippen LogP contribution in [0.25, 0.3) is 0 Å². The number of halogens is 3. The van der Waals surface area contributed by atoms with Gasteiger partial charge in [-0.2, -0.15) is 13.2 Å². The van der Waals surface area contributed by atoms with Crippen molar-refractivity contribution in [2.24, 2.45) is 5.92 Å². The highest BCUT2D eigenvalue weighted by molar-refractivity contribution is 5.78. The molecular weight excluding hydrogens is 377 g/mol. The SMILES string of the molecule is COC(=O)C1CC(c2ccc(C(F)(F)F)cc2)CN(C(=O)N2CC(OC)C2)C1. The summed E-state index contributed by atoms with van der Waals surface area (Å²) >= 11 is 0. The molecule has 1 aromatic carbocycles. The Balaban J connectivity index is 1.76. The van der Waals surface area contributed by atoms with Gasteiger partial charge >= 0.3 is 18.2 Å². The molecule has 0 aromatic heterocycles. The molecule has 0 radical (unpaired) electrons. The van der Waals surface area contributed by atoms with Crippen LogP contribution in [0.3, 0.4) is 0 Å². The first-order valence-corrected chi connectivity index (χ1v) is 9.04. The maximum absolute atomic E-state index is 12.8. The van der Waals surface area contributed by atoms with E-state index >= 15 is 0 Å². The number of rotatable bonds is 3. The van der Waals surface area contributed by atoms with Gasteiger partial charge in [0, 0.05) is 26.1 Å². The number of urea groups is 1. The number of esters is 1. The normalized spacial score (nSPS) is 23.3. The van der Waals surface area contributed by atoms with Crippen LogP contribution < -0.4 is 0 Å². The Kier molecular flexibility index (Phi) is 5.83. The molecular formula is C19H23F3N2O4. The summed E-state index contributed by atoms with van der Waals surface area (Å²) < 4.78 is 48.4. The van der Waals surface area contributed by atoms with E-state index < -0.39 is 23.6 Å². The Morgan fingerprint density at radius 2 is 1.61 bits per heavy atom. The highest BCUT2D eigenvalue weighted by Crippen LogP contribution is 2.34. The lowest BCUT2D eigenvalue weighted by Crippen LogP contribution is -2.60. The summed E-state index contributed by atoms with van der Waals surface area (Å²) in [6.45, 7) is 1.54. The van der Waals surface area contributed by atoms with Gasteiger partial charge in [0.05, 0.1) is 37.8 Å². The average molecular weight is 400 g/mol. The van der Waals surface area contributed by atoms with Crippen LogP contribution in [0.15, 0.2) is 24.3 Å². The van der Waals surface area contributed by atoms with Crippen LogP contribution in [0.5, 0.6) is 0 Å². The molecule has 154 valence electrons. The van der Waals surface area contributed by atoms with Crippen LogP contribution in [0, 0.1) is 5.92 Å². The number of benzene rings is 1. The minimum absolute atomic E-state index is 0.0101. The van der Waals surface area contributed by atoms with Gasteiger partial charge in [0.25, 0.3) is 0 Å². The second kappa shape index (κ2) is 7.98. The van der Waals surface area contributed by atoms with Gasteiger partial charge in [-0.1, -0.05) is 12.1 Å². The average Bonchev–Trinajstić information content (AvgIpc) is 2.65. The van der Waals surface area contributed by atoms with E-state index in [1.807, 2.05) is 0 Å². The number of nitrogens with zero attached hydrogens (tertiary/aromatic N) is 2. The smallest absolute Gasteiger partial charge is 0.416 e. The van der Waals surface area contributed by atoms with Gasteiger partial charge in [0.2, 0.25) is 0 Å². The minimum Gasteiger partial charge on any atom is -0.469 e. The molecule has 2 aliphatic rings. The first-order chi connectivity index (χ1) is 13.2. The van der Waals surface area contributed by atoms with Gasteiger partial charge < -0.3 is 19.3 Å². The van der Waals surface area contributed by atoms with Gasteiger partial charge in [-0.05, 0) is 24.1 Å². The number of hydrogen-bond donors (Lipinski definition) is 0. The highest BCUT2D eigenvalue weighted by Gasteiger charge is 2.40. The number of piperidine rings is 1. The van der Waals surface area contributed by atoms with E-state index in [1.54, 1.807) is 16.9 Å². The number of likely N-dealkylation sites (tertiary alicyclic amines) is 2. The fourth-order valence-electron chi connectivity index (χ4n) is 3.72. The van der Waals surface area contributed by atoms with Crippen molar-refractivity contribution in [1.29, 1.82) is 0 Å². The quantitative estimate of drug-likeness (QED) is 0.733. The first kappa shape index (κ1) is 20.4. The van der Waals surface area contributed by atoms with Crippen molar-refractivity contribution in [3.8, 4) is 0 Å². The van der Waals surface area contributed by atoms with Crippen molar-refractivity contribution in [3.63, 3.8) is 0 Å².